The van der Waals surface area contributed by atoms with Crippen LogP contribution in [-0.4, -0.2) is 26.7 Å². The Kier molecular flexibility index (Phi) is 4.23. The lowest BCUT2D eigenvalue weighted by molar-refractivity contribution is -0.117. The Balaban J connectivity index is 1.78. The van der Waals surface area contributed by atoms with Crippen molar-refractivity contribution in [1.29, 1.82) is 0 Å². The largest absolute Gasteiger partial charge is 0.433 e. The van der Waals surface area contributed by atoms with Crippen LogP contribution in [0.5, 0.6) is 5.75 Å². The number of fused-ring (bicyclic) bond motifs is 1. The van der Waals surface area contributed by atoms with Gasteiger partial charge < -0.3 is 10.1 Å². The predicted octanol–water partition coefficient (Wildman–Crippen LogP) is 1.74. The van der Waals surface area contributed by atoms with E-state index < -0.39 is 18.2 Å². The average Bonchev–Trinajstić information content (AvgIpc) is 2.85. The Morgan fingerprint density at radius 1 is 1.21 bits per heavy atom. The molecule has 124 valence electrons. The van der Waals surface area contributed by atoms with Crippen molar-refractivity contribution >= 4 is 17.2 Å². The van der Waals surface area contributed by atoms with Gasteiger partial charge in [0.05, 0.1) is 5.69 Å². The minimum atomic E-state index is -3.01. The number of para-hydroxylation sites is 2. The standard InChI is InChI=1S/C15H12F2N4O3/c16-14(17)24-11-6-2-1-5-10(11)18-13(22)9-21-15(23)20-8-4-3-7-12(20)19-21/h1-8,14H,9H2,(H,18,22). The molecule has 24 heavy (non-hydrogen) atoms. The normalized spacial score (nSPS) is 11.0. The van der Waals surface area contributed by atoms with Gasteiger partial charge in [0, 0.05) is 6.20 Å². The number of nitrogens with one attached hydrogen (secondary N) is 1. The van der Waals surface area contributed by atoms with Gasteiger partial charge in [0.15, 0.2) is 5.65 Å². The third kappa shape index (κ3) is 3.24. The highest BCUT2D eigenvalue weighted by Crippen LogP contribution is 2.25. The number of aromatic nitrogens is 3. The first-order valence-electron chi connectivity index (χ1n) is 6.92. The molecule has 7 nitrogen and oxygen atoms in total. The molecule has 0 bridgehead atoms. The van der Waals surface area contributed by atoms with Gasteiger partial charge in [0.25, 0.3) is 0 Å². The van der Waals surface area contributed by atoms with Crippen LogP contribution in [0.15, 0.2) is 53.5 Å². The van der Waals surface area contributed by atoms with E-state index in [1.54, 1.807) is 24.3 Å². The zero-order chi connectivity index (χ0) is 17.1. The number of hydrogen-bond donors (Lipinski definition) is 1. The molecule has 0 unspecified atom stereocenters. The van der Waals surface area contributed by atoms with Crippen molar-refractivity contribution in [3.63, 3.8) is 0 Å². The number of carbonyl (C=O) groups excluding carboxylic acids is 1. The van der Waals surface area contributed by atoms with E-state index in [1.165, 1.54) is 28.8 Å². The summed E-state index contributed by atoms with van der Waals surface area (Å²) < 4.78 is 31.3. The molecular weight excluding hydrogens is 322 g/mol. The molecule has 0 radical (unpaired) electrons. The number of hydrogen-bond acceptors (Lipinski definition) is 4. The van der Waals surface area contributed by atoms with Crippen LogP contribution < -0.4 is 15.7 Å². The van der Waals surface area contributed by atoms with Crippen LogP contribution in [0.3, 0.4) is 0 Å². The molecule has 0 saturated carbocycles. The SMILES string of the molecule is O=C(Cn1nc2ccccn2c1=O)Nc1ccccc1OC(F)F. The summed E-state index contributed by atoms with van der Waals surface area (Å²) in [5, 5.41) is 6.45. The van der Waals surface area contributed by atoms with Crippen molar-refractivity contribution in [2.75, 3.05) is 5.32 Å². The summed E-state index contributed by atoms with van der Waals surface area (Å²) in [6, 6.07) is 10.8. The maximum Gasteiger partial charge on any atom is 0.387 e. The first-order chi connectivity index (χ1) is 11.5. The molecule has 0 spiro atoms. The van der Waals surface area contributed by atoms with Gasteiger partial charge in [-0.2, -0.15) is 8.78 Å². The average molecular weight is 334 g/mol. The number of ether oxygens (including phenoxy) is 1. The number of pyridine rings is 1. The lowest BCUT2D eigenvalue weighted by Crippen LogP contribution is -2.28. The maximum atomic E-state index is 12.4. The van der Waals surface area contributed by atoms with E-state index in [2.05, 4.69) is 15.2 Å². The number of alkyl halides is 2. The molecule has 1 N–H and O–H groups in total. The van der Waals surface area contributed by atoms with Crippen LogP contribution in [0.1, 0.15) is 0 Å². The van der Waals surface area contributed by atoms with Crippen molar-refractivity contribution in [2.24, 2.45) is 0 Å². The minimum Gasteiger partial charge on any atom is -0.433 e. The Morgan fingerprint density at radius 3 is 2.71 bits per heavy atom. The molecule has 3 rings (SSSR count). The topological polar surface area (TPSA) is 77.6 Å². The number of amides is 1. The Hall–Kier alpha value is -3.23. The second-order valence-corrected chi connectivity index (χ2v) is 4.79. The monoisotopic (exact) mass is 334 g/mol. The van der Waals surface area contributed by atoms with Crippen molar-refractivity contribution in [1.82, 2.24) is 14.2 Å². The molecule has 3 aromatic rings. The molecule has 0 aliphatic carbocycles. The van der Waals surface area contributed by atoms with E-state index in [0.717, 1.165) is 4.68 Å². The van der Waals surface area contributed by atoms with E-state index >= 15 is 0 Å². The first kappa shape index (κ1) is 15.7. The lowest BCUT2D eigenvalue weighted by atomic mass is 10.3. The molecular formula is C15H12F2N4O3. The quantitative estimate of drug-likeness (QED) is 0.771. The van der Waals surface area contributed by atoms with E-state index in [1.807, 2.05) is 0 Å². The highest BCUT2D eigenvalue weighted by molar-refractivity contribution is 5.92. The third-order valence-corrected chi connectivity index (χ3v) is 3.16. The fourth-order valence-corrected chi connectivity index (χ4v) is 2.17. The maximum absolute atomic E-state index is 12.4. The summed E-state index contributed by atoms with van der Waals surface area (Å²) in [6.07, 6.45) is 1.53. The number of nitrogens with zero attached hydrogens (tertiary/aromatic N) is 3. The number of anilines is 1. The molecule has 1 aromatic carbocycles. The summed E-state index contributed by atoms with van der Waals surface area (Å²) >= 11 is 0. The highest BCUT2D eigenvalue weighted by atomic mass is 19.3. The van der Waals surface area contributed by atoms with Crippen molar-refractivity contribution in [3.05, 3.63) is 59.1 Å². The Morgan fingerprint density at radius 2 is 1.96 bits per heavy atom. The van der Waals surface area contributed by atoms with E-state index in [4.69, 9.17) is 0 Å². The molecule has 0 fully saturated rings. The van der Waals surface area contributed by atoms with E-state index in [9.17, 15) is 18.4 Å². The molecule has 0 aliphatic rings. The first-order valence-corrected chi connectivity index (χ1v) is 6.92. The van der Waals surface area contributed by atoms with E-state index in [-0.39, 0.29) is 18.0 Å². The van der Waals surface area contributed by atoms with Crippen LogP contribution in [0.4, 0.5) is 14.5 Å². The molecule has 2 heterocycles. The smallest absolute Gasteiger partial charge is 0.387 e. The molecule has 0 aliphatic heterocycles. The fourth-order valence-electron chi connectivity index (χ4n) is 2.17. The molecule has 1 amide bonds. The minimum absolute atomic E-state index is 0.0830. The number of halogens is 2. The van der Waals surface area contributed by atoms with Gasteiger partial charge in [0.1, 0.15) is 12.3 Å². The van der Waals surface area contributed by atoms with Crippen LogP contribution in [0, 0.1) is 0 Å². The van der Waals surface area contributed by atoms with Gasteiger partial charge >= 0.3 is 12.3 Å². The summed E-state index contributed by atoms with van der Waals surface area (Å²) in [5.74, 6) is -0.756. The van der Waals surface area contributed by atoms with Crippen LogP contribution >= 0.6 is 0 Å². The van der Waals surface area contributed by atoms with Gasteiger partial charge in [-0.1, -0.05) is 18.2 Å². The summed E-state index contributed by atoms with van der Waals surface area (Å²) in [7, 11) is 0. The van der Waals surface area contributed by atoms with Gasteiger partial charge in [-0.25, -0.2) is 9.48 Å². The Labute approximate surface area is 134 Å². The van der Waals surface area contributed by atoms with Gasteiger partial charge in [0.2, 0.25) is 5.91 Å². The molecule has 2 aromatic heterocycles. The Bertz CT molecular complexity index is 936. The predicted molar refractivity (Wildman–Crippen MR) is 81.2 cm³/mol. The van der Waals surface area contributed by atoms with Crippen LogP contribution in [0.2, 0.25) is 0 Å². The van der Waals surface area contributed by atoms with Crippen molar-refractivity contribution in [2.45, 2.75) is 13.2 Å². The molecule has 9 heteroatoms. The van der Waals surface area contributed by atoms with Gasteiger partial charge in [-0.05, 0) is 24.3 Å². The fraction of sp³-hybridized carbons (Fsp3) is 0.133. The number of carbonyl (C=O) groups is 1. The third-order valence-electron chi connectivity index (χ3n) is 3.16. The molecule has 0 atom stereocenters. The van der Waals surface area contributed by atoms with Crippen molar-refractivity contribution < 1.29 is 18.3 Å². The van der Waals surface area contributed by atoms with Crippen molar-refractivity contribution in [3.8, 4) is 5.75 Å². The number of benzene rings is 1. The lowest BCUT2D eigenvalue weighted by Gasteiger charge is -2.11. The highest BCUT2D eigenvalue weighted by Gasteiger charge is 2.14. The summed E-state index contributed by atoms with van der Waals surface area (Å²) in [4.78, 5) is 24.2. The van der Waals surface area contributed by atoms with E-state index in [0.29, 0.717) is 5.65 Å². The van der Waals surface area contributed by atoms with Gasteiger partial charge in [-0.15, -0.1) is 5.10 Å². The van der Waals surface area contributed by atoms with Gasteiger partial charge in [-0.3, -0.25) is 9.20 Å². The van der Waals surface area contributed by atoms with Crippen LogP contribution in [-0.2, 0) is 11.3 Å². The van der Waals surface area contributed by atoms with Crippen LogP contribution in [0.25, 0.3) is 5.65 Å². The second kappa shape index (κ2) is 6.49. The summed E-state index contributed by atoms with van der Waals surface area (Å²) in [6.45, 7) is -3.37. The summed E-state index contributed by atoms with van der Waals surface area (Å²) in [5.41, 5.74) is 0.00853. The zero-order valence-corrected chi connectivity index (χ0v) is 12.2. The molecule has 0 saturated heterocycles. The zero-order valence-electron chi connectivity index (χ0n) is 12.2. The number of rotatable bonds is 5. The second-order valence-electron chi connectivity index (χ2n) is 4.79.